The van der Waals surface area contributed by atoms with Crippen molar-refractivity contribution >= 4 is 37.6 Å². The molecular weight excluding hydrogens is 382 g/mol. The molecule has 0 bridgehead atoms. The standard InChI is InChI=1S/C13H17BrClNO4S/c1-20-13-11(14)5-10(15)6-12(13)21(18,19)16-4-2-3-9(7-16)8-17/h5-6,9,17H,2-4,7-8H2,1H3. The molecule has 0 amide bonds. The number of piperidine rings is 1. The van der Waals surface area contributed by atoms with E-state index in [1.165, 1.54) is 17.5 Å². The molecule has 1 aliphatic heterocycles. The first-order chi connectivity index (χ1) is 9.90. The Morgan fingerprint density at radius 3 is 2.86 bits per heavy atom. The van der Waals surface area contributed by atoms with Gasteiger partial charge in [0, 0.05) is 24.7 Å². The van der Waals surface area contributed by atoms with Crippen LogP contribution in [0, 0.1) is 5.92 Å². The van der Waals surface area contributed by atoms with E-state index in [-0.39, 0.29) is 23.2 Å². The third-order valence-corrected chi connectivity index (χ3v) is 6.21. The van der Waals surface area contributed by atoms with Crippen molar-refractivity contribution in [2.45, 2.75) is 17.7 Å². The van der Waals surface area contributed by atoms with E-state index >= 15 is 0 Å². The Labute approximate surface area is 138 Å². The minimum absolute atomic E-state index is 0.0115. The van der Waals surface area contributed by atoms with Gasteiger partial charge in [-0.2, -0.15) is 4.31 Å². The summed E-state index contributed by atoms with van der Waals surface area (Å²) in [7, 11) is -2.29. The Balaban J connectivity index is 2.44. The first kappa shape index (κ1) is 17.0. The van der Waals surface area contributed by atoms with Crippen LogP contribution in [-0.2, 0) is 10.0 Å². The highest BCUT2D eigenvalue weighted by Crippen LogP contribution is 2.37. The molecule has 1 fully saturated rings. The SMILES string of the molecule is COc1c(Br)cc(Cl)cc1S(=O)(=O)N1CCCC(CO)C1. The van der Waals surface area contributed by atoms with E-state index in [2.05, 4.69) is 15.9 Å². The Kier molecular flexibility index (Phi) is 5.54. The second-order valence-electron chi connectivity index (χ2n) is 4.97. The molecule has 1 saturated heterocycles. The number of aliphatic hydroxyl groups is 1. The topological polar surface area (TPSA) is 66.8 Å². The normalized spacial score (nSPS) is 20.5. The van der Waals surface area contributed by atoms with Crippen molar-refractivity contribution in [1.82, 2.24) is 4.31 Å². The highest BCUT2D eigenvalue weighted by atomic mass is 79.9. The van der Waals surface area contributed by atoms with Crippen LogP contribution in [0.1, 0.15) is 12.8 Å². The zero-order chi connectivity index (χ0) is 15.6. The molecule has 0 spiro atoms. The van der Waals surface area contributed by atoms with Crippen LogP contribution in [0.25, 0.3) is 0 Å². The molecule has 8 heteroatoms. The van der Waals surface area contributed by atoms with E-state index < -0.39 is 10.0 Å². The molecule has 1 N–H and O–H groups in total. The Hall–Kier alpha value is -0.340. The number of benzene rings is 1. The maximum Gasteiger partial charge on any atom is 0.246 e. The maximum atomic E-state index is 12.8. The van der Waals surface area contributed by atoms with E-state index in [4.69, 9.17) is 16.3 Å². The van der Waals surface area contributed by atoms with Crippen LogP contribution in [0.15, 0.2) is 21.5 Å². The summed E-state index contributed by atoms with van der Waals surface area (Å²) in [6.45, 7) is 0.737. The molecule has 1 unspecified atom stereocenters. The molecule has 1 atom stereocenters. The molecule has 0 aromatic heterocycles. The Bertz CT molecular complexity index is 623. The van der Waals surface area contributed by atoms with Gasteiger partial charge in [-0.3, -0.25) is 0 Å². The fourth-order valence-electron chi connectivity index (χ4n) is 2.46. The molecule has 0 saturated carbocycles. The predicted molar refractivity (Wildman–Crippen MR) is 84.3 cm³/mol. The fourth-order valence-corrected chi connectivity index (χ4v) is 5.39. The number of halogens is 2. The van der Waals surface area contributed by atoms with Gasteiger partial charge < -0.3 is 9.84 Å². The average molecular weight is 399 g/mol. The van der Waals surface area contributed by atoms with Gasteiger partial charge in [-0.25, -0.2) is 8.42 Å². The summed E-state index contributed by atoms with van der Waals surface area (Å²) in [6.07, 6.45) is 1.56. The van der Waals surface area contributed by atoms with Crippen LogP contribution < -0.4 is 4.74 Å². The van der Waals surface area contributed by atoms with Gasteiger partial charge in [0.25, 0.3) is 0 Å². The number of nitrogens with zero attached hydrogens (tertiary/aromatic N) is 1. The Morgan fingerprint density at radius 1 is 1.52 bits per heavy atom. The van der Waals surface area contributed by atoms with Crippen LogP contribution in [0.5, 0.6) is 5.75 Å². The molecule has 2 rings (SSSR count). The third-order valence-electron chi connectivity index (χ3n) is 3.54. The molecule has 1 aromatic rings. The molecule has 21 heavy (non-hydrogen) atoms. The second kappa shape index (κ2) is 6.83. The van der Waals surface area contributed by atoms with Gasteiger partial charge in [-0.1, -0.05) is 11.6 Å². The average Bonchev–Trinajstić information content (AvgIpc) is 2.46. The number of aliphatic hydroxyl groups excluding tert-OH is 1. The summed E-state index contributed by atoms with van der Waals surface area (Å²) in [4.78, 5) is 0.0444. The van der Waals surface area contributed by atoms with Gasteiger partial charge >= 0.3 is 0 Å². The summed E-state index contributed by atoms with van der Waals surface area (Å²) in [5.41, 5.74) is 0. The quantitative estimate of drug-likeness (QED) is 0.846. The zero-order valence-electron chi connectivity index (χ0n) is 11.6. The second-order valence-corrected chi connectivity index (χ2v) is 8.17. The van der Waals surface area contributed by atoms with Gasteiger partial charge in [-0.05, 0) is 46.8 Å². The van der Waals surface area contributed by atoms with Gasteiger partial charge in [-0.15, -0.1) is 0 Å². The number of sulfonamides is 1. The van der Waals surface area contributed by atoms with Crippen LogP contribution in [0.2, 0.25) is 5.02 Å². The molecule has 1 aromatic carbocycles. The van der Waals surface area contributed by atoms with Crippen molar-refractivity contribution in [2.24, 2.45) is 5.92 Å². The number of rotatable bonds is 4. The monoisotopic (exact) mass is 397 g/mol. The molecule has 1 heterocycles. The minimum atomic E-state index is -3.71. The molecular formula is C13H17BrClNO4S. The van der Waals surface area contributed by atoms with E-state index in [0.717, 1.165) is 12.8 Å². The summed E-state index contributed by atoms with van der Waals surface area (Å²) in [5, 5.41) is 9.58. The van der Waals surface area contributed by atoms with Crippen LogP contribution in [0.3, 0.4) is 0 Å². The lowest BCUT2D eigenvalue weighted by atomic mass is 10.0. The van der Waals surface area contributed by atoms with Crippen LogP contribution in [0.4, 0.5) is 0 Å². The van der Waals surface area contributed by atoms with Crippen LogP contribution in [-0.4, -0.2) is 44.6 Å². The van der Waals surface area contributed by atoms with Gasteiger partial charge in [0.1, 0.15) is 4.90 Å². The Morgan fingerprint density at radius 2 is 2.24 bits per heavy atom. The highest BCUT2D eigenvalue weighted by molar-refractivity contribution is 9.10. The largest absolute Gasteiger partial charge is 0.494 e. The lowest BCUT2D eigenvalue weighted by molar-refractivity contribution is 0.165. The van der Waals surface area contributed by atoms with Crippen molar-refractivity contribution in [2.75, 3.05) is 26.8 Å². The van der Waals surface area contributed by atoms with E-state index in [0.29, 0.717) is 22.6 Å². The molecule has 5 nitrogen and oxygen atoms in total. The van der Waals surface area contributed by atoms with E-state index in [1.807, 2.05) is 0 Å². The first-order valence-electron chi connectivity index (χ1n) is 6.54. The van der Waals surface area contributed by atoms with Gasteiger partial charge in [0.2, 0.25) is 10.0 Å². The lowest BCUT2D eigenvalue weighted by Crippen LogP contribution is -2.41. The van der Waals surface area contributed by atoms with Gasteiger partial charge in [0.15, 0.2) is 5.75 Å². The summed E-state index contributed by atoms with van der Waals surface area (Å²) >= 11 is 9.24. The maximum absolute atomic E-state index is 12.8. The number of methoxy groups -OCH3 is 1. The molecule has 118 valence electrons. The smallest absolute Gasteiger partial charge is 0.246 e. The number of hydrogen-bond acceptors (Lipinski definition) is 4. The summed E-state index contributed by atoms with van der Waals surface area (Å²) in [5.74, 6) is 0.215. The number of ether oxygens (including phenoxy) is 1. The number of hydrogen-bond donors (Lipinski definition) is 1. The minimum Gasteiger partial charge on any atom is -0.494 e. The van der Waals surface area contributed by atoms with E-state index in [1.54, 1.807) is 6.07 Å². The zero-order valence-corrected chi connectivity index (χ0v) is 14.7. The van der Waals surface area contributed by atoms with Crippen molar-refractivity contribution < 1.29 is 18.3 Å². The highest BCUT2D eigenvalue weighted by Gasteiger charge is 2.33. The van der Waals surface area contributed by atoms with Gasteiger partial charge in [0.05, 0.1) is 11.6 Å². The first-order valence-corrected chi connectivity index (χ1v) is 9.15. The molecule has 0 radical (unpaired) electrons. The molecule has 0 aliphatic carbocycles. The lowest BCUT2D eigenvalue weighted by Gasteiger charge is -2.31. The van der Waals surface area contributed by atoms with E-state index in [9.17, 15) is 13.5 Å². The summed E-state index contributed by atoms with van der Waals surface area (Å²) < 4.78 is 32.7. The van der Waals surface area contributed by atoms with Crippen molar-refractivity contribution in [3.8, 4) is 5.75 Å². The fraction of sp³-hybridized carbons (Fsp3) is 0.538. The van der Waals surface area contributed by atoms with Crippen molar-refractivity contribution in [1.29, 1.82) is 0 Å². The van der Waals surface area contributed by atoms with Crippen LogP contribution >= 0.6 is 27.5 Å². The third kappa shape index (κ3) is 3.53. The van der Waals surface area contributed by atoms with Crippen molar-refractivity contribution in [3.05, 3.63) is 21.6 Å². The summed E-state index contributed by atoms with van der Waals surface area (Å²) in [6, 6.07) is 2.98. The van der Waals surface area contributed by atoms with Crippen molar-refractivity contribution in [3.63, 3.8) is 0 Å². The predicted octanol–water partition coefficient (Wildman–Crippen LogP) is 2.50. The molecule has 1 aliphatic rings.